The Kier molecular flexibility index (Phi) is 15.3. The molecule has 0 aliphatic heterocycles. The summed E-state index contributed by atoms with van der Waals surface area (Å²) < 4.78 is 33.0. The smallest absolute Gasteiger partial charge is 0.746 e. The van der Waals surface area contributed by atoms with Gasteiger partial charge in [0.25, 0.3) is 0 Å². The molecule has 5 nitrogen and oxygen atoms in total. The number of carbonyl (C=O) groups is 1. The van der Waals surface area contributed by atoms with Crippen LogP contribution in [0.2, 0.25) is 0 Å². The van der Waals surface area contributed by atoms with Gasteiger partial charge in [-0.3, -0.25) is 4.79 Å². The number of carbonyl (C=O) groups excluding carboxylic acids is 1. The fraction of sp³-hybridized carbons (Fsp3) is 0.786. The van der Waals surface area contributed by atoms with Crippen molar-refractivity contribution in [1.29, 1.82) is 0 Å². The normalized spacial score (nSPS) is 12.3. The molecule has 21 heavy (non-hydrogen) atoms. The maximum atomic E-state index is 11.1. The second-order valence-electron chi connectivity index (χ2n) is 4.96. The monoisotopic (exact) mass is 327 g/mol. The fourth-order valence-corrected chi connectivity index (χ4v) is 2.69. The number of unbranched alkanes of at least 4 members (excludes halogenated alkanes) is 7. The molecule has 0 radical (unpaired) electrons. The molecule has 0 aliphatic carbocycles. The average molecular weight is 327 g/mol. The van der Waals surface area contributed by atoms with Crippen molar-refractivity contribution in [3.63, 3.8) is 0 Å². The Morgan fingerprint density at radius 2 is 1.62 bits per heavy atom. The number of rotatable bonds is 12. The van der Waals surface area contributed by atoms with Gasteiger partial charge >= 0.3 is 29.6 Å². The number of amides is 1. The number of hydrogen-bond acceptors (Lipinski definition) is 4. The molecule has 0 spiro atoms. The Labute approximate surface area is 151 Å². The Morgan fingerprint density at radius 1 is 1.14 bits per heavy atom. The van der Waals surface area contributed by atoms with Crippen LogP contribution in [0.25, 0.3) is 0 Å². The Bertz CT molecular complexity index is 384. The van der Waals surface area contributed by atoms with Crippen LogP contribution < -0.4 is 34.9 Å². The first-order chi connectivity index (χ1) is 9.41. The Hall–Kier alpha value is 0.120. The van der Waals surface area contributed by atoms with Gasteiger partial charge in [-0.25, -0.2) is 8.42 Å². The van der Waals surface area contributed by atoms with Crippen LogP contribution in [0.5, 0.6) is 0 Å². The van der Waals surface area contributed by atoms with E-state index in [4.69, 9.17) is 0 Å². The largest absolute Gasteiger partial charge is 1.00 e. The molecule has 0 rings (SSSR count). The van der Waals surface area contributed by atoms with Crippen LogP contribution in [0.3, 0.4) is 0 Å². The van der Waals surface area contributed by atoms with Crippen molar-refractivity contribution in [3.05, 3.63) is 12.7 Å². The summed E-state index contributed by atoms with van der Waals surface area (Å²) in [5.41, 5.74) is 0. The van der Waals surface area contributed by atoms with E-state index < -0.39 is 21.4 Å². The molecule has 1 unspecified atom stereocenters. The van der Waals surface area contributed by atoms with E-state index in [1.807, 2.05) is 0 Å². The van der Waals surface area contributed by atoms with Crippen molar-refractivity contribution >= 4 is 16.0 Å². The molecular formula is C14H26NNaO4S. The molecule has 1 N–H and O–H groups in total. The third-order valence-corrected chi connectivity index (χ3v) is 4.21. The molecule has 0 aromatic carbocycles. The first kappa shape index (κ1) is 23.4. The fourth-order valence-electron chi connectivity index (χ4n) is 1.97. The topological polar surface area (TPSA) is 86.3 Å². The van der Waals surface area contributed by atoms with Crippen molar-refractivity contribution in [2.45, 2.75) is 70.1 Å². The van der Waals surface area contributed by atoms with Crippen molar-refractivity contribution in [2.24, 2.45) is 0 Å². The van der Waals surface area contributed by atoms with Crippen LogP contribution in [-0.2, 0) is 14.9 Å². The van der Waals surface area contributed by atoms with Crippen LogP contribution in [0.15, 0.2) is 12.7 Å². The predicted octanol–water partition coefficient (Wildman–Crippen LogP) is -0.305. The predicted molar refractivity (Wildman–Crippen MR) is 79.1 cm³/mol. The molecule has 0 heterocycles. The molecule has 0 saturated carbocycles. The van der Waals surface area contributed by atoms with E-state index in [0.29, 0.717) is 6.42 Å². The van der Waals surface area contributed by atoms with Crippen LogP contribution in [0, 0.1) is 0 Å². The van der Waals surface area contributed by atoms with E-state index in [0.717, 1.165) is 25.3 Å². The van der Waals surface area contributed by atoms with Gasteiger partial charge < -0.3 is 9.87 Å². The standard InChI is InChI=1S/C14H27NO4S.Na/c1-3-5-6-7-8-9-10-11-12-14(20(17,18)19)15-13(16)4-2;/h4,14H,2-3,5-12H2,1H3,(H,15,16)(H,17,18,19);/q;+1/p-1. The first-order valence-electron chi connectivity index (χ1n) is 7.29. The molecule has 1 atom stereocenters. The average Bonchev–Trinajstić information content (AvgIpc) is 2.38. The van der Waals surface area contributed by atoms with Gasteiger partial charge in [0, 0.05) is 0 Å². The molecular weight excluding hydrogens is 301 g/mol. The summed E-state index contributed by atoms with van der Waals surface area (Å²) >= 11 is 0. The summed E-state index contributed by atoms with van der Waals surface area (Å²) in [5, 5.41) is 0.828. The molecule has 0 bridgehead atoms. The zero-order valence-electron chi connectivity index (χ0n) is 13.3. The molecule has 0 saturated heterocycles. The molecule has 7 heteroatoms. The molecule has 0 aliphatic rings. The van der Waals surface area contributed by atoms with Gasteiger partial charge in [0.15, 0.2) is 0 Å². The summed E-state index contributed by atoms with van der Waals surface area (Å²) in [5.74, 6) is -0.631. The van der Waals surface area contributed by atoms with Crippen molar-refractivity contribution in [1.82, 2.24) is 5.32 Å². The SMILES string of the molecule is C=CC(=O)NC(CCCCCCCCCC)S(=O)(=O)[O-].[Na+]. The molecule has 1 amide bonds. The van der Waals surface area contributed by atoms with Gasteiger partial charge in [-0.1, -0.05) is 64.9 Å². The zero-order valence-corrected chi connectivity index (χ0v) is 16.1. The van der Waals surface area contributed by atoms with Crippen LogP contribution >= 0.6 is 0 Å². The minimum atomic E-state index is -4.50. The van der Waals surface area contributed by atoms with Gasteiger partial charge in [0.2, 0.25) is 5.91 Å². The van der Waals surface area contributed by atoms with Gasteiger partial charge in [-0.15, -0.1) is 0 Å². The summed E-state index contributed by atoms with van der Waals surface area (Å²) in [7, 11) is -4.50. The summed E-state index contributed by atoms with van der Waals surface area (Å²) in [6.07, 6.45) is 9.70. The van der Waals surface area contributed by atoms with Gasteiger partial charge in [0.05, 0.1) is 0 Å². The van der Waals surface area contributed by atoms with E-state index in [9.17, 15) is 17.8 Å². The van der Waals surface area contributed by atoms with E-state index in [-0.39, 0.29) is 36.0 Å². The quantitative estimate of drug-likeness (QED) is 0.231. The molecule has 0 aromatic rings. The van der Waals surface area contributed by atoms with Crippen LogP contribution in [0.4, 0.5) is 0 Å². The second kappa shape index (κ2) is 13.8. The van der Waals surface area contributed by atoms with Crippen molar-refractivity contribution in [3.8, 4) is 0 Å². The molecule has 0 fully saturated rings. The summed E-state index contributed by atoms with van der Waals surface area (Å²) in [6, 6.07) is 0. The third kappa shape index (κ3) is 13.5. The first-order valence-corrected chi connectivity index (χ1v) is 8.76. The minimum Gasteiger partial charge on any atom is -0.746 e. The van der Waals surface area contributed by atoms with Crippen LogP contribution in [0.1, 0.15) is 64.7 Å². The zero-order chi connectivity index (χ0) is 15.4. The van der Waals surface area contributed by atoms with Gasteiger partial charge in [0.1, 0.15) is 15.5 Å². The number of nitrogens with one attached hydrogen (secondary N) is 1. The van der Waals surface area contributed by atoms with E-state index in [1.54, 1.807) is 0 Å². The maximum Gasteiger partial charge on any atom is 1.00 e. The van der Waals surface area contributed by atoms with Crippen molar-refractivity contribution in [2.75, 3.05) is 0 Å². The Balaban J connectivity index is 0. The summed E-state index contributed by atoms with van der Waals surface area (Å²) in [6.45, 7) is 5.40. The molecule has 118 valence electrons. The third-order valence-electron chi connectivity index (χ3n) is 3.16. The second-order valence-corrected chi connectivity index (χ2v) is 6.51. The van der Waals surface area contributed by atoms with E-state index in [1.165, 1.54) is 25.7 Å². The van der Waals surface area contributed by atoms with E-state index >= 15 is 0 Å². The number of hydrogen-bond donors (Lipinski definition) is 1. The van der Waals surface area contributed by atoms with Crippen molar-refractivity contribution < 1.29 is 47.3 Å². The van der Waals surface area contributed by atoms with Crippen LogP contribution in [-0.4, -0.2) is 24.3 Å². The minimum absolute atomic E-state index is 0. The molecule has 0 aromatic heterocycles. The van der Waals surface area contributed by atoms with E-state index in [2.05, 4.69) is 18.8 Å². The van der Waals surface area contributed by atoms with Gasteiger partial charge in [-0.05, 0) is 12.5 Å². The summed E-state index contributed by atoms with van der Waals surface area (Å²) in [4.78, 5) is 11.1. The Morgan fingerprint density at radius 3 is 2.05 bits per heavy atom. The maximum absolute atomic E-state index is 11.1. The van der Waals surface area contributed by atoms with Gasteiger partial charge in [-0.2, -0.15) is 0 Å².